The maximum atomic E-state index is 14.0. The summed E-state index contributed by atoms with van der Waals surface area (Å²) >= 11 is 0. The molecule has 0 unspecified atom stereocenters. The van der Waals surface area contributed by atoms with Gasteiger partial charge in [0.2, 0.25) is 5.95 Å². The summed E-state index contributed by atoms with van der Waals surface area (Å²) in [6.45, 7) is 3.81. The summed E-state index contributed by atoms with van der Waals surface area (Å²) < 4.78 is 15.8. The van der Waals surface area contributed by atoms with Crippen LogP contribution in [-0.2, 0) is 4.79 Å². The summed E-state index contributed by atoms with van der Waals surface area (Å²) in [4.78, 5) is 33.1. The number of amides is 1. The lowest BCUT2D eigenvalue weighted by molar-refractivity contribution is -0.139. The Balaban J connectivity index is 1.96. The number of carboxylic acid groups (broad SMARTS) is 1. The number of hydrogen-bond donors (Lipinski definition) is 4. The first-order valence-electron chi connectivity index (χ1n) is 13.1. The molecule has 0 fully saturated rings. The normalized spacial score (nSPS) is 12.9. The molecule has 2 heterocycles. The minimum absolute atomic E-state index is 0.122. The van der Waals surface area contributed by atoms with Gasteiger partial charge in [0.1, 0.15) is 11.5 Å². The number of nitrogens with one attached hydrogen (secondary N) is 1. The molecule has 2 atom stereocenters. The zero-order valence-electron chi connectivity index (χ0n) is 22.6. The van der Waals surface area contributed by atoms with E-state index in [4.69, 9.17) is 5.11 Å². The molecule has 9 nitrogen and oxygen atoms in total. The largest absolute Gasteiger partial charge is 0.481 e. The van der Waals surface area contributed by atoms with Crippen LogP contribution in [0.1, 0.15) is 48.9 Å². The van der Waals surface area contributed by atoms with Crippen molar-refractivity contribution in [3.8, 4) is 22.3 Å². The zero-order chi connectivity index (χ0) is 29.5. The van der Waals surface area contributed by atoms with Gasteiger partial charge in [-0.2, -0.15) is 0 Å². The van der Waals surface area contributed by atoms with Gasteiger partial charge in [-0.05, 0) is 49.2 Å². The van der Waals surface area contributed by atoms with Crippen LogP contribution < -0.4 is 5.32 Å². The topological polar surface area (TPSA) is 138 Å². The molecule has 4 rings (SSSR count). The molecule has 0 spiro atoms. The van der Waals surface area contributed by atoms with E-state index >= 15 is 0 Å². The Bertz CT molecular complexity index is 1520. The number of rotatable bonds is 11. The fraction of sp³-hybridized carbons (Fsp3) is 0.226. The van der Waals surface area contributed by atoms with Crippen molar-refractivity contribution in [2.75, 3.05) is 5.32 Å². The number of aromatic nitrogens is 3. The van der Waals surface area contributed by atoms with Gasteiger partial charge in [0.25, 0.3) is 5.91 Å². The number of aliphatic hydroxyl groups excluding tert-OH is 2. The van der Waals surface area contributed by atoms with Crippen molar-refractivity contribution in [2.24, 2.45) is 0 Å². The Hall–Kier alpha value is -4.67. The highest BCUT2D eigenvalue weighted by molar-refractivity contribution is 6.11. The summed E-state index contributed by atoms with van der Waals surface area (Å²) in [6.07, 6.45) is 3.01. The minimum Gasteiger partial charge on any atom is -0.481 e. The second-order valence-corrected chi connectivity index (χ2v) is 9.76. The molecular formula is C31H31FN4O5. The maximum absolute atomic E-state index is 14.0. The van der Waals surface area contributed by atoms with E-state index in [1.54, 1.807) is 24.3 Å². The molecule has 0 aliphatic heterocycles. The second-order valence-electron chi connectivity index (χ2n) is 9.76. The van der Waals surface area contributed by atoms with Gasteiger partial charge in [0.15, 0.2) is 0 Å². The van der Waals surface area contributed by atoms with E-state index in [1.165, 1.54) is 30.6 Å². The summed E-state index contributed by atoms with van der Waals surface area (Å²) in [5, 5.41) is 32.4. The first kappa shape index (κ1) is 29.3. The maximum Gasteiger partial charge on any atom is 0.305 e. The number of carboxylic acids is 1. The lowest BCUT2D eigenvalue weighted by Gasteiger charge is -2.17. The molecule has 0 bridgehead atoms. The van der Waals surface area contributed by atoms with Crippen molar-refractivity contribution in [3.05, 3.63) is 96.3 Å². The lowest BCUT2D eigenvalue weighted by atomic mass is 9.94. The minimum atomic E-state index is -1.24. The Kier molecular flexibility index (Phi) is 9.38. The van der Waals surface area contributed by atoms with E-state index in [0.29, 0.717) is 28.1 Å². The summed E-state index contributed by atoms with van der Waals surface area (Å²) in [6, 6.07) is 16.6. The highest BCUT2D eigenvalue weighted by Crippen LogP contribution is 2.42. The Labute approximate surface area is 236 Å². The lowest BCUT2D eigenvalue weighted by Crippen LogP contribution is -2.21. The predicted molar refractivity (Wildman–Crippen MR) is 154 cm³/mol. The Morgan fingerprint density at radius 2 is 1.59 bits per heavy atom. The molecule has 4 N–H and O–H groups in total. The highest BCUT2D eigenvalue weighted by atomic mass is 19.1. The molecule has 41 heavy (non-hydrogen) atoms. The van der Waals surface area contributed by atoms with Gasteiger partial charge in [-0.15, -0.1) is 0 Å². The number of benzene rings is 2. The number of aliphatic hydroxyl groups is 2. The first-order valence-corrected chi connectivity index (χ1v) is 13.1. The third-order valence-corrected chi connectivity index (χ3v) is 6.36. The number of aliphatic carboxylic acids is 1. The third kappa shape index (κ3) is 7.10. The molecule has 10 heteroatoms. The van der Waals surface area contributed by atoms with E-state index < -0.39 is 36.3 Å². The smallest absolute Gasteiger partial charge is 0.305 e. The van der Waals surface area contributed by atoms with Crippen molar-refractivity contribution in [1.82, 2.24) is 14.5 Å². The van der Waals surface area contributed by atoms with Gasteiger partial charge < -0.3 is 19.9 Å². The number of nitrogens with zero attached hydrogens (tertiary/aromatic N) is 3. The number of carbonyl (C=O) groups excluding carboxylic acids is 1. The van der Waals surface area contributed by atoms with Crippen molar-refractivity contribution in [1.29, 1.82) is 0 Å². The van der Waals surface area contributed by atoms with Gasteiger partial charge in [-0.3, -0.25) is 14.9 Å². The number of halogens is 1. The van der Waals surface area contributed by atoms with Crippen molar-refractivity contribution in [3.63, 3.8) is 0 Å². The van der Waals surface area contributed by atoms with E-state index in [2.05, 4.69) is 15.3 Å². The quantitative estimate of drug-likeness (QED) is 0.199. The van der Waals surface area contributed by atoms with Gasteiger partial charge in [0.05, 0.1) is 18.6 Å². The summed E-state index contributed by atoms with van der Waals surface area (Å²) in [7, 11) is 0. The van der Waals surface area contributed by atoms with Crippen LogP contribution in [-0.4, -0.2) is 53.9 Å². The molecule has 1 amide bonds. The molecule has 0 saturated heterocycles. The Morgan fingerprint density at radius 3 is 2.20 bits per heavy atom. The van der Waals surface area contributed by atoms with Crippen LogP contribution >= 0.6 is 0 Å². The predicted octanol–water partition coefficient (Wildman–Crippen LogP) is 5.18. The molecule has 0 saturated carbocycles. The SMILES string of the molecule is CC(C)n1c(C=C[C@@H](O)C[C@@H](O)CC(=O)O)c(-c2ccc(F)cc2)c(-c2ccccc2)c1C(=O)Nc1ncccn1. The van der Waals surface area contributed by atoms with E-state index in [-0.39, 0.29) is 18.4 Å². The molecule has 0 aliphatic carbocycles. The van der Waals surface area contributed by atoms with Crippen LogP contribution in [0.25, 0.3) is 28.3 Å². The van der Waals surface area contributed by atoms with Crippen LogP contribution in [0.3, 0.4) is 0 Å². The molecule has 212 valence electrons. The van der Waals surface area contributed by atoms with E-state index in [0.717, 1.165) is 5.56 Å². The van der Waals surface area contributed by atoms with Crippen LogP contribution in [0, 0.1) is 5.82 Å². The molecule has 0 aliphatic rings. The van der Waals surface area contributed by atoms with Crippen LogP contribution in [0.5, 0.6) is 0 Å². The monoisotopic (exact) mass is 558 g/mol. The van der Waals surface area contributed by atoms with E-state index in [1.807, 2.05) is 48.7 Å². The van der Waals surface area contributed by atoms with Crippen molar-refractivity contribution in [2.45, 2.75) is 44.9 Å². The fourth-order valence-corrected chi connectivity index (χ4v) is 4.69. The number of anilines is 1. The molecule has 2 aromatic carbocycles. The van der Waals surface area contributed by atoms with Crippen LogP contribution in [0.2, 0.25) is 0 Å². The van der Waals surface area contributed by atoms with Crippen LogP contribution in [0.4, 0.5) is 10.3 Å². The molecular weight excluding hydrogens is 527 g/mol. The Morgan fingerprint density at radius 1 is 0.951 bits per heavy atom. The summed E-state index contributed by atoms with van der Waals surface area (Å²) in [5.74, 6) is -1.94. The standard InChI is InChI=1S/C31H31FN4O5/c1-19(2)36-25(14-13-23(37)17-24(38)18-26(39)40)27(21-9-11-22(32)12-10-21)28(20-7-4-3-5-8-20)29(36)30(41)35-31-33-15-6-16-34-31/h3-16,19,23-24,37-38H,17-18H2,1-2H3,(H,39,40)(H,33,34,35,41)/t23-,24-/m1/s1. The third-order valence-electron chi connectivity index (χ3n) is 6.36. The average Bonchev–Trinajstić information content (AvgIpc) is 3.28. The molecule has 4 aromatic rings. The van der Waals surface area contributed by atoms with Gasteiger partial charge in [-0.1, -0.05) is 48.5 Å². The first-order chi connectivity index (χ1) is 19.7. The second kappa shape index (κ2) is 13.1. The fourth-order valence-electron chi connectivity index (χ4n) is 4.69. The summed E-state index contributed by atoms with van der Waals surface area (Å²) in [5.41, 5.74) is 3.43. The molecule has 2 aromatic heterocycles. The van der Waals surface area contributed by atoms with Gasteiger partial charge in [0, 0.05) is 41.7 Å². The number of hydrogen-bond acceptors (Lipinski definition) is 6. The zero-order valence-corrected chi connectivity index (χ0v) is 22.6. The van der Waals surface area contributed by atoms with Crippen LogP contribution in [0.15, 0.2) is 79.1 Å². The van der Waals surface area contributed by atoms with E-state index in [9.17, 15) is 24.2 Å². The molecule has 0 radical (unpaired) electrons. The van der Waals surface area contributed by atoms with Gasteiger partial charge in [-0.25, -0.2) is 14.4 Å². The average molecular weight is 559 g/mol. The number of carbonyl (C=O) groups is 2. The van der Waals surface area contributed by atoms with Gasteiger partial charge >= 0.3 is 5.97 Å². The highest BCUT2D eigenvalue weighted by Gasteiger charge is 2.30. The van der Waals surface area contributed by atoms with Crippen molar-refractivity contribution < 1.29 is 29.3 Å². The van der Waals surface area contributed by atoms with Crippen molar-refractivity contribution >= 4 is 23.9 Å².